The van der Waals surface area contributed by atoms with Gasteiger partial charge < -0.3 is 24.8 Å². The van der Waals surface area contributed by atoms with Crippen molar-refractivity contribution < 1.29 is 23.4 Å². The van der Waals surface area contributed by atoms with Crippen LogP contribution in [0.15, 0.2) is 18.2 Å². The van der Waals surface area contributed by atoms with Crippen molar-refractivity contribution in [2.24, 2.45) is 0 Å². The van der Waals surface area contributed by atoms with Crippen molar-refractivity contribution in [1.29, 1.82) is 0 Å². The van der Waals surface area contributed by atoms with E-state index in [2.05, 4.69) is 0 Å². The van der Waals surface area contributed by atoms with Crippen LogP contribution in [-0.4, -0.2) is 54.6 Å². The molecule has 2 N–H and O–H groups in total. The SMILES string of the molecule is CC(C)(C)OC(=O)N1CC(CCc2c(N)cccc2F)OC2(CCOCC2)C1. The highest BCUT2D eigenvalue weighted by Gasteiger charge is 2.44. The van der Waals surface area contributed by atoms with Crippen molar-refractivity contribution in [1.82, 2.24) is 4.90 Å². The molecule has 0 aromatic heterocycles. The van der Waals surface area contributed by atoms with Crippen LogP contribution < -0.4 is 5.73 Å². The van der Waals surface area contributed by atoms with Gasteiger partial charge in [0.15, 0.2) is 0 Å². The number of carbonyl (C=O) groups is 1. The van der Waals surface area contributed by atoms with Crippen LogP contribution in [0.1, 0.15) is 45.6 Å². The van der Waals surface area contributed by atoms with Crippen LogP contribution in [0.4, 0.5) is 14.9 Å². The standard InChI is InChI=1S/C21H31FN2O4/c1-20(2,3)28-19(25)24-13-15(27-21(14-24)9-11-26-12-10-21)7-8-16-17(22)5-4-6-18(16)23/h4-6,15H,7-14,23H2,1-3H3. The third-order valence-corrected chi connectivity index (χ3v) is 5.25. The summed E-state index contributed by atoms with van der Waals surface area (Å²) in [6.07, 6.45) is 1.94. The van der Waals surface area contributed by atoms with Crippen LogP contribution in [0.3, 0.4) is 0 Å². The molecule has 1 spiro atoms. The number of halogens is 1. The maximum Gasteiger partial charge on any atom is 0.410 e. The Morgan fingerprint density at radius 1 is 1.36 bits per heavy atom. The summed E-state index contributed by atoms with van der Waals surface area (Å²) in [6, 6.07) is 4.72. The molecule has 0 saturated carbocycles. The first-order valence-corrected chi connectivity index (χ1v) is 9.94. The smallest absolute Gasteiger partial charge is 0.410 e. The number of hydrogen-bond acceptors (Lipinski definition) is 5. The molecule has 2 heterocycles. The number of benzene rings is 1. The van der Waals surface area contributed by atoms with Crippen molar-refractivity contribution in [2.75, 3.05) is 32.0 Å². The lowest BCUT2D eigenvalue weighted by molar-refractivity contribution is -0.186. The minimum atomic E-state index is -0.560. The van der Waals surface area contributed by atoms with Gasteiger partial charge in [0.05, 0.1) is 24.8 Å². The molecule has 28 heavy (non-hydrogen) atoms. The average Bonchev–Trinajstić information content (AvgIpc) is 2.60. The van der Waals surface area contributed by atoms with Gasteiger partial charge in [-0.25, -0.2) is 9.18 Å². The molecule has 2 aliphatic heterocycles. The van der Waals surface area contributed by atoms with E-state index < -0.39 is 11.2 Å². The van der Waals surface area contributed by atoms with Crippen molar-refractivity contribution in [3.63, 3.8) is 0 Å². The highest BCUT2D eigenvalue weighted by atomic mass is 19.1. The van der Waals surface area contributed by atoms with E-state index in [9.17, 15) is 9.18 Å². The molecule has 1 unspecified atom stereocenters. The van der Waals surface area contributed by atoms with Gasteiger partial charge in [-0.05, 0) is 45.7 Å². The molecule has 2 saturated heterocycles. The Kier molecular flexibility index (Phi) is 6.15. The molecule has 3 rings (SSSR count). The molecule has 1 aromatic carbocycles. The maximum absolute atomic E-state index is 14.1. The minimum absolute atomic E-state index is 0.210. The number of nitrogen functional groups attached to an aromatic ring is 1. The van der Waals surface area contributed by atoms with Crippen LogP contribution in [-0.2, 0) is 20.6 Å². The lowest BCUT2D eigenvalue weighted by Gasteiger charge is -2.48. The van der Waals surface area contributed by atoms with Crippen molar-refractivity contribution in [3.05, 3.63) is 29.6 Å². The number of hydrogen-bond donors (Lipinski definition) is 1. The van der Waals surface area contributed by atoms with Gasteiger partial charge >= 0.3 is 6.09 Å². The van der Waals surface area contributed by atoms with Gasteiger partial charge in [0, 0.05) is 37.3 Å². The molecule has 1 aromatic rings. The van der Waals surface area contributed by atoms with Crippen LogP contribution >= 0.6 is 0 Å². The third kappa shape index (κ3) is 5.14. The molecule has 1 atom stereocenters. The van der Waals surface area contributed by atoms with Crippen LogP contribution in [0.5, 0.6) is 0 Å². The van der Waals surface area contributed by atoms with Crippen LogP contribution in [0.25, 0.3) is 0 Å². The van der Waals surface area contributed by atoms with Gasteiger partial charge in [-0.15, -0.1) is 0 Å². The predicted octanol–water partition coefficient (Wildman–Crippen LogP) is 3.53. The zero-order valence-corrected chi connectivity index (χ0v) is 17.0. The van der Waals surface area contributed by atoms with Gasteiger partial charge in [0.2, 0.25) is 0 Å². The summed E-state index contributed by atoms with van der Waals surface area (Å²) in [5.41, 5.74) is 5.89. The molecule has 0 radical (unpaired) electrons. The molecule has 0 bridgehead atoms. The normalized spacial score (nSPS) is 22.3. The second-order valence-corrected chi connectivity index (χ2v) is 8.74. The van der Waals surface area contributed by atoms with Gasteiger partial charge in [-0.2, -0.15) is 0 Å². The van der Waals surface area contributed by atoms with Gasteiger partial charge in [-0.3, -0.25) is 0 Å². The van der Waals surface area contributed by atoms with E-state index in [0.29, 0.717) is 50.4 Å². The quantitative estimate of drug-likeness (QED) is 0.794. The lowest BCUT2D eigenvalue weighted by atomic mass is 9.90. The maximum atomic E-state index is 14.1. The Bertz CT molecular complexity index is 678. The van der Waals surface area contributed by atoms with E-state index in [1.165, 1.54) is 6.07 Å². The van der Waals surface area contributed by atoms with Gasteiger partial charge in [-0.1, -0.05) is 6.07 Å². The van der Waals surface area contributed by atoms with Crippen molar-refractivity contribution in [3.8, 4) is 0 Å². The van der Waals surface area contributed by atoms with E-state index in [-0.39, 0.29) is 18.0 Å². The first-order valence-electron chi connectivity index (χ1n) is 9.94. The number of nitrogens with zero attached hydrogens (tertiary/aromatic N) is 1. The topological polar surface area (TPSA) is 74.0 Å². The zero-order chi connectivity index (χ0) is 20.4. The number of anilines is 1. The largest absolute Gasteiger partial charge is 0.444 e. The second-order valence-electron chi connectivity index (χ2n) is 8.74. The molecule has 1 amide bonds. The van der Waals surface area contributed by atoms with E-state index in [4.69, 9.17) is 19.9 Å². The zero-order valence-electron chi connectivity index (χ0n) is 17.0. The highest BCUT2D eigenvalue weighted by Crippen LogP contribution is 2.34. The Balaban J connectivity index is 1.73. The summed E-state index contributed by atoms with van der Waals surface area (Å²) in [5.74, 6) is -0.305. The molecule has 2 aliphatic rings. The molecule has 6 nitrogen and oxygen atoms in total. The fourth-order valence-electron chi connectivity index (χ4n) is 3.87. The molecular weight excluding hydrogens is 363 g/mol. The van der Waals surface area contributed by atoms with E-state index in [1.807, 2.05) is 20.8 Å². The third-order valence-electron chi connectivity index (χ3n) is 5.25. The Morgan fingerprint density at radius 3 is 2.71 bits per heavy atom. The average molecular weight is 394 g/mol. The first kappa shape index (κ1) is 20.9. The molecule has 7 heteroatoms. The summed E-state index contributed by atoms with van der Waals surface area (Å²) in [4.78, 5) is 14.4. The second kappa shape index (κ2) is 8.25. The van der Waals surface area contributed by atoms with Gasteiger partial charge in [0.25, 0.3) is 0 Å². The monoisotopic (exact) mass is 394 g/mol. The van der Waals surface area contributed by atoms with Crippen LogP contribution in [0, 0.1) is 5.82 Å². The van der Waals surface area contributed by atoms with Crippen LogP contribution in [0.2, 0.25) is 0 Å². The lowest BCUT2D eigenvalue weighted by Crippen LogP contribution is -2.59. The molecular formula is C21H31FN2O4. The number of nitrogens with two attached hydrogens (primary N) is 1. The molecule has 156 valence electrons. The van der Waals surface area contributed by atoms with Crippen molar-refractivity contribution in [2.45, 2.75) is 63.8 Å². The predicted molar refractivity (Wildman–Crippen MR) is 105 cm³/mol. The Morgan fingerprint density at radius 2 is 2.07 bits per heavy atom. The molecule has 2 fully saturated rings. The number of morpholine rings is 1. The van der Waals surface area contributed by atoms with E-state index >= 15 is 0 Å². The summed E-state index contributed by atoms with van der Waals surface area (Å²) in [6.45, 7) is 7.69. The first-order chi connectivity index (χ1) is 13.2. The highest BCUT2D eigenvalue weighted by molar-refractivity contribution is 5.68. The van der Waals surface area contributed by atoms with E-state index in [1.54, 1.807) is 17.0 Å². The Hall–Kier alpha value is -1.86. The Labute approximate surface area is 166 Å². The summed E-state index contributed by atoms with van der Waals surface area (Å²) >= 11 is 0. The number of carbonyl (C=O) groups excluding carboxylic acids is 1. The van der Waals surface area contributed by atoms with E-state index in [0.717, 1.165) is 12.8 Å². The number of rotatable bonds is 3. The summed E-state index contributed by atoms with van der Waals surface area (Å²) in [7, 11) is 0. The number of amides is 1. The van der Waals surface area contributed by atoms with Gasteiger partial charge in [0.1, 0.15) is 11.4 Å². The number of ether oxygens (including phenoxy) is 3. The fourth-order valence-corrected chi connectivity index (χ4v) is 3.87. The summed E-state index contributed by atoms with van der Waals surface area (Å²) in [5, 5.41) is 0. The fraction of sp³-hybridized carbons (Fsp3) is 0.667. The minimum Gasteiger partial charge on any atom is -0.444 e. The molecule has 0 aliphatic carbocycles. The summed E-state index contributed by atoms with van der Waals surface area (Å²) < 4.78 is 31.6. The van der Waals surface area contributed by atoms with Crippen molar-refractivity contribution >= 4 is 11.8 Å².